The van der Waals surface area contributed by atoms with Gasteiger partial charge < -0.3 is 10.5 Å². The minimum atomic E-state index is -0.657. The highest BCUT2D eigenvalue weighted by atomic mass is 32.1. The second-order valence-electron chi connectivity index (χ2n) is 3.77. The molecular formula is C11H14N2O3S. The molecule has 1 aromatic heterocycles. The SMILES string of the molecule is CCOC(=O)c1c(NC(N)=O)sc2c1CCC2. The quantitative estimate of drug-likeness (QED) is 0.808. The zero-order valence-corrected chi connectivity index (χ0v) is 10.4. The minimum absolute atomic E-state index is 0.319. The van der Waals surface area contributed by atoms with E-state index in [-0.39, 0.29) is 5.97 Å². The predicted molar refractivity (Wildman–Crippen MR) is 65.5 cm³/mol. The number of fused-ring (bicyclic) bond motifs is 1. The first-order valence-electron chi connectivity index (χ1n) is 5.51. The predicted octanol–water partition coefficient (Wildman–Crippen LogP) is 1.90. The van der Waals surface area contributed by atoms with Gasteiger partial charge in [0.25, 0.3) is 0 Å². The van der Waals surface area contributed by atoms with E-state index in [0.29, 0.717) is 17.2 Å². The number of hydrogen-bond donors (Lipinski definition) is 2. The number of amides is 2. The summed E-state index contributed by atoms with van der Waals surface area (Å²) in [5.41, 5.74) is 6.59. The number of nitrogens with one attached hydrogen (secondary N) is 1. The number of primary amides is 1. The van der Waals surface area contributed by atoms with E-state index in [1.807, 2.05) is 0 Å². The Morgan fingerprint density at radius 2 is 2.24 bits per heavy atom. The maximum absolute atomic E-state index is 11.9. The number of carbonyl (C=O) groups excluding carboxylic acids is 2. The van der Waals surface area contributed by atoms with Gasteiger partial charge in [0.15, 0.2) is 0 Å². The maximum atomic E-state index is 11.9. The van der Waals surface area contributed by atoms with Crippen molar-refractivity contribution in [1.29, 1.82) is 0 Å². The summed E-state index contributed by atoms with van der Waals surface area (Å²) in [7, 11) is 0. The number of carbonyl (C=O) groups is 2. The van der Waals surface area contributed by atoms with Gasteiger partial charge in [-0.3, -0.25) is 5.32 Å². The van der Waals surface area contributed by atoms with Crippen molar-refractivity contribution in [3.05, 3.63) is 16.0 Å². The topological polar surface area (TPSA) is 81.4 Å². The van der Waals surface area contributed by atoms with E-state index in [1.165, 1.54) is 11.3 Å². The highest BCUT2D eigenvalue weighted by molar-refractivity contribution is 7.17. The van der Waals surface area contributed by atoms with Crippen LogP contribution in [0.2, 0.25) is 0 Å². The van der Waals surface area contributed by atoms with E-state index in [4.69, 9.17) is 10.5 Å². The molecule has 0 unspecified atom stereocenters. The Kier molecular flexibility index (Phi) is 3.33. The van der Waals surface area contributed by atoms with Crippen LogP contribution < -0.4 is 11.1 Å². The summed E-state index contributed by atoms with van der Waals surface area (Å²) in [6.07, 6.45) is 2.86. The Labute approximate surface area is 103 Å². The summed E-state index contributed by atoms with van der Waals surface area (Å²) in [5, 5.41) is 3.01. The Morgan fingerprint density at radius 1 is 1.47 bits per heavy atom. The van der Waals surface area contributed by atoms with E-state index in [9.17, 15) is 9.59 Å². The molecular weight excluding hydrogens is 240 g/mol. The lowest BCUT2D eigenvalue weighted by Crippen LogP contribution is -2.20. The van der Waals surface area contributed by atoms with Gasteiger partial charge in [-0.2, -0.15) is 0 Å². The smallest absolute Gasteiger partial charge is 0.341 e. The maximum Gasteiger partial charge on any atom is 0.341 e. The van der Waals surface area contributed by atoms with Crippen LogP contribution in [0.1, 0.15) is 34.1 Å². The molecule has 92 valence electrons. The van der Waals surface area contributed by atoms with Gasteiger partial charge in [0, 0.05) is 4.88 Å². The number of nitrogens with two attached hydrogens (primary N) is 1. The van der Waals surface area contributed by atoms with Crippen molar-refractivity contribution >= 4 is 28.3 Å². The molecule has 0 fully saturated rings. The van der Waals surface area contributed by atoms with Crippen LogP contribution >= 0.6 is 11.3 Å². The van der Waals surface area contributed by atoms with Crippen LogP contribution in [0.15, 0.2) is 0 Å². The number of rotatable bonds is 3. The van der Waals surface area contributed by atoms with Gasteiger partial charge in [0.1, 0.15) is 5.00 Å². The number of ether oxygens (including phenoxy) is 1. The lowest BCUT2D eigenvalue weighted by atomic mass is 10.1. The second kappa shape index (κ2) is 4.75. The van der Waals surface area contributed by atoms with Gasteiger partial charge in [0.05, 0.1) is 12.2 Å². The molecule has 0 spiro atoms. The number of thiophene rings is 1. The number of hydrogen-bond acceptors (Lipinski definition) is 4. The minimum Gasteiger partial charge on any atom is -0.462 e. The van der Waals surface area contributed by atoms with E-state index in [0.717, 1.165) is 29.7 Å². The van der Waals surface area contributed by atoms with Crippen molar-refractivity contribution in [2.24, 2.45) is 5.73 Å². The third-order valence-electron chi connectivity index (χ3n) is 2.64. The molecule has 0 aliphatic heterocycles. The van der Waals surface area contributed by atoms with Crippen LogP contribution in [0.3, 0.4) is 0 Å². The van der Waals surface area contributed by atoms with Gasteiger partial charge >= 0.3 is 12.0 Å². The summed E-state index contributed by atoms with van der Waals surface area (Å²) in [4.78, 5) is 23.9. The standard InChI is InChI=1S/C11H14N2O3S/c1-2-16-10(14)8-6-4-3-5-7(6)17-9(8)13-11(12)15/h2-5H2,1H3,(H3,12,13,15). The molecule has 5 nitrogen and oxygen atoms in total. The molecule has 0 aromatic carbocycles. The van der Waals surface area contributed by atoms with E-state index >= 15 is 0 Å². The van der Waals surface area contributed by atoms with Crippen molar-refractivity contribution in [2.45, 2.75) is 26.2 Å². The van der Waals surface area contributed by atoms with Crippen LogP contribution in [0.25, 0.3) is 0 Å². The highest BCUT2D eigenvalue weighted by Gasteiger charge is 2.27. The van der Waals surface area contributed by atoms with Crippen LogP contribution in [-0.4, -0.2) is 18.6 Å². The Balaban J connectivity index is 2.38. The van der Waals surface area contributed by atoms with Crippen molar-refractivity contribution in [3.63, 3.8) is 0 Å². The second-order valence-corrected chi connectivity index (χ2v) is 4.88. The Bertz CT molecular complexity index is 468. The monoisotopic (exact) mass is 254 g/mol. The lowest BCUT2D eigenvalue weighted by Gasteiger charge is -2.05. The molecule has 1 heterocycles. The third kappa shape index (κ3) is 2.26. The number of urea groups is 1. The number of anilines is 1. The van der Waals surface area contributed by atoms with E-state index < -0.39 is 6.03 Å². The van der Waals surface area contributed by atoms with Crippen LogP contribution in [-0.2, 0) is 17.6 Å². The molecule has 2 rings (SSSR count). The van der Waals surface area contributed by atoms with Gasteiger partial charge in [0.2, 0.25) is 0 Å². The highest BCUT2D eigenvalue weighted by Crippen LogP contribution is 2.39. The fourth-order valence-electron chi connectivity index (χ4n) is 2.02. The molecule has 1 aliphatic rings. The molecule has 1 aliphatic carbocycles. The van der Waals surface area contributed by atoms with Crippen molar-refractivity contribution < 1.29 is 14.3 Å². The first-order chi connectivity index (χ1) is 8.13. The molecule has 6 heteroatoms. The zero-order chi connectivity index (χ0) is 12.4. The normalized spacial score (nSPS) is 13.2. The summed E-state index contributed by atoms with van der Waals surface area (Å²) in [5.74, 6) is -0.379. The number of esters is 1. The molecule has 0 bridgehead atoms. The zero-order valence-electron chi connectivity index (χ0n) is 9.54. The largest absolute Gasteiger partial charge is 0.462 e. The molecule has 3 N–H and O–H groups in total. The van der Waals surface area contributed by atoms with Crippen LogP contribution in [0.5, 0.6) is 0 Å². The first-order valence-corrected chi connectivity index (χ1v) is 6.33. The van der Waals surface area contributed by atoms with E-state index in [1.54, 1.807) is 6.92 Å². The van der Waals surface area contributed by atoms with Gasteiger partial charge in [-0.1, -0.05) is 0 Å². The molecule has 1 aromatic rings. The average molecular weight is 254 g/mol. The molecule has 0 atom stereocenters. The van der Waals surface area contributed by atoms with Gasteiger partial charge in [-0.25, -0.2) is 9.59 Å². The average Bonchev–Trinajstić information content (AvgIpc) is 2.76. The number of aryl methyl sites for hydroxylation is 1. The van der Waals surface area contributed by atoms with Gasteiger partial charge in [-0.05, 0) is 31.7 Å². The molecule has 0 saturated heterocycles. The molecule has 0 radical (unpaired) electrons. The van der Waals surface area contributed by atoms with E-state index in [2.05, 4.69) is 5.32 Å². The van der Waals surface area contributed by atoms with Crippen LogP contribution in [0, 0.1) is 0 Å². The fourth-order valence-corrected chi connectivity index (χ4v) is 3.30. The Hall–Kier alpha value is -1.56. The summed E-state index contributed by atoms with van der Waals surface area (Å²) in [6.45, 7) is 2.07. The summed E-state index contributed by atoms with van der Waals surface area (Å²) in [6, 6.07) is -0.657. The molecule has 2 amide bonds. The summed E-state index contributed by atoms with van der Waals surface area (Å²) < 4.78 is 5.01. The van der Waals surface area contributed by atoms with Crippen molar-refractivity contribution in [1.82, 2.24) is 0 Å². The third-order valence-corrected chi connectivity index (χ3v) is 3.84. The fraction of sp³-hybridized carbons (Fsp3) is 0.455. The summed E-state index contributed by atoms with van der Waals surface area (Å²) >= 11 is 1.42. The molecule has 0 saturated carbocycles. The molecule has 17 heavy (non-hydrogen) atoms. The Morgan fingerprint density at radius 3 is 2.88 bits per heavy atom. The lowest BCUT2D eigenvalue weighted by molar-refractivity contribution is 0.0527. The van der Waals surface area contributed by atoms with Crippen LogP contribution in [0.4, 0.5) is 9.80 Å². The first kappa shape index (κ1) is 11.9. The van der Waals surface area contributed by atoms with Gasteiger partial charge in [-0.15, -0.1) is 11.3 Å². The van der Waals surface area contributed by atoms with Crippen molar-refractivity contribution in [3.8, 4) is 0 Å². The van der Waals surface area contributed by atoms with Crippen molar-refractivity contribution in [2.75, 3.05) is 11.9 Å².